The van der Waals surface area contributed by atoms with E-state index in [0.29, 0.717) is 22.2 Å². The van der Waals surface area contributed by atoms with Crippen LogP contribution in [0.15, 0.2) is 36.9 Å². The number of carbonyl (C=O) groups excluding carboxylic acids is 1. The van der Waals surface area contributed by atoms with E-state index in [1.54, 1.807) is 41.5 Å². The second-order valence-electron chi connectivity index (χ2n) is 4.58. The predicted molar refractivity (Wildman–Crippen MR) is 82.9 cm³/mol. The van der Waals surface area contributed by atoms with Crippen LogP contribution in [0.3, 0.4) is 0 Å². The van der Waals surface area contributed by atoms with Crippen molar-refractivity contribution < 1.29 is 9.53 Å². The Balaban J connectivity index is 2.25. The molecular weight excluding hydrogens is 311 g/mol. The highest BCUT2D eigenvalue weighted by Crippen LogP contribution is 2.25. The van der Waals surface area contributed by atoms with Crippen molar-refractivity contribution in [1.82, 2.24) is 9.55 Å². The molecule has 0 unspecified atom stereocenters. The Labute approximate surface area is 133 Å². The molecule has 0 saturated carbocycles. The number of hydrogen-bond donors (Lipinski definition) is 0. The van der Waals surface area contributed by atoms with Crippen LogP contribution in [-0.2, 0) is 4.74 Å². The summed E-state index contributed by atoms with van der Waals surface area (Å²) in [5.74, 6) is -0.217. The van der Waals surface area contributed by atoms with Crippen molar-refractivity contribution in [3.8, 4) is 0 Å². The second kappa shape index (κ2) is 7.59. The number of nitrogens with zero attached hydrogens (tertiary/aromatic N) is 2. The minimum Gasteiger partial charge on any atom is -0.350 e. The number of ketones is 1. The van der Waals surface area contributed by atoms with Crippen molar-refractivity contribution in [2.45, 2.75) is 26.0 Å². The number of aromatic nitrogens is 2. The maximum absolute atomic E-state index is 12.7. The summed E-state index contributed by atoms with van der Waals surface area (Å²) < 4.78 is 7.34. The number of Topliss-reactive ketones (excluding diaryl/α,β-unsaturated/α-hetero) is 1. The summed E-state index contributed by atoms with van der Waals surface area (Å²) in [5.41, 5.74) is 0.385. The molecule has 0 N–H and O–H groups in total. The molecule has 0 fully saturated rings. The zero-order chi connectivity index (χ0) is 15.2. The fourth-order valence-corrected chi connectivity index (χ4v) is 2.37. The Hall–Kier alpha value is -1.36. The molecule has 0 bridgehead atoms. The number of ether oxygens (including phenoxy) is 1. The van der Waals surface area contributed by atoms with E-state index in [2.05, 4.69) is 11.9 Å². The number of benzene rings is 1. The van der Waals surface area contributed by atoms with Crippen molar-refractivity contribution in [2.24, 2.45) is 0 Å². The zero-order valence-corrected chi connectivity index (χ0v) is 13.1. The van der Waals surface area contributed by atoms with E-state index < -0.39 is 6.23 Å². The van der Waals surface area contributed by atoms with Crippen molar-refractivity contribution in [3.63, 3.8) is 0 Å². The average molecular weight is 327 g/mol. The number of unbranched alkanes of at least 4 members (excludes halogenated alkanes) is 1. The van der Waals surface area contributed by atoms with Crippen molar-refractivity contribution in [2.75, 3.05) is 6.61 Å². The molecule has 21 heavy (non-hydrogen) atoms. The molecule has 1 heterocycles. The fraction of sp³-hybridized carbons (Fsp3) is 0.333. The van der Waals surface area contributed by atoms with Crippen LogP contribution in [0, 0.1) is 0 Å². The van der Waals surface area contributed by atoms with Crippen LogP contribution in [-0.4, -0.2) is 21.9 Å². The normalized spacial score (nSPS) is 12.3. The molecule has 4 nitrogen and oxygen atoms in total. The first-order valence-corrected chi connectivity index (χ1v) is 7.47. The van der Waals surface area contributed by atoms with Gasteiger partial charge in [-0.15, -0.1) is 0 Å². The molecule has 0 amide bonds. The van der Waals surface area contributed by atoms with Gasteiger partial charge in [-0.05, 0) is 24.6 Å². The molecule has 112 valence electrons. The molecule has 2 aromatic rings. The summed E-state index contributed by atoms with van der Waals surface area (Å²) in [7, 11) is 0. The summed E-state index contributed by atoms with van der Waals surface area (Å²) in [6, 6.07) is 4.80. The number of imidazole rings is 1. The minimum atomic E-state index is -0.766. The maximum Gasteiger partial charge on any atom is 0.214 e. The first kappa shape index (κ1) is 16.0. The third-order valence-electron chi connectivity index (χ3n) is 2.99. The Bertz CT molecular complexity index is 600. The molecular formula is C15H16Cl2N2O2. The first-order valence-electron chi connectivity index (χ1n) is 6.71. The summed E-state index contributed by atoms with van der Waals surface area (Å²) in [5, 5.41) is 0.805. The Morgan fingerprint density at radius 1 is 1.43 bits per heavy atom. The number of rotatable bonds is 7. The van der Waals surface area contributed by atoms with E-state index in [1.807, 2.05) is 0 Å². The molecule has 6 heteroatoms. The van der Waals surface area contributed by atoms with Gasteiger partial charge >= 0.3 is 0 Å². The zero-order valence-electron chi connectivity index (χ0n) is 11.6. The lowest BCUT2D eigenvalue weighted by molar-refractivity contribution is 0.00835. The van der Waals surface area contributed by atoms with Gasteiger partial charge in [0.25, 0.3) is 0 Å². The number of halogens is 2. The van der Waals surface area contributed by atoms with Crippen molar-refractivity contribution in [3.05, 3.63) is 52.5 Å². The first-order chi connectivity index (χ1) is 10.1. The topological polar surface area (TPSA) is 44.1 Å². The Kier molecular flexibility index (Phi) is 5.79. The SMILES string of the molecule is CCCCO[C@H](C(=O)c1ccc(Cl)cc1Cl)n1ccnc1. The smallest absolute Gasteiger partial charge is 0.214 e. The minimum absolute atomic E-state index is 0.217. The van der Waals surface area contributed by atoms with Gasteiger partial charge in [0, 0.05) is 29.6 Å². The molecule has 0 radical (unpaired) electrons. The van der Waals surface area contributed by atoms with Gasteiger partial charge in [-0.3, -0.25) is 4.79 Å². The van der Waals surface area contributed by atoms with Gasteiger partial charge in [0.2, 0.25) is 5.78 Å². The van der Waals surface area contributed by atoms with Gasteiger partial charge in [-0.2, -0.15) is 0 Å². The molecule has 1 atom stereocenters. The predicted octanol–water partition coefficient (Wildman–Crippen LogP) is 4.39. The lowest BCUT2D eigenvalue weighted by atomic mass is 10.1. The third-order valence-corrected chi connectivity index (χ3v) is 3.54. The quantitative estimate of drug-likeness (QED) is 0.560. The highest BCUT2D eigenvalue weighted by molar-refractivity contribution is 6.36. The Morgan fingerprint density at radius 2 is 2.24 bits per heavy atom. The lowest BCUT2D eigenvalue weighted by Crippen LogP contribution is -2.22. The van der Waals surface area contributed by atoms with Gasteiger partial charge in [0.1, 0.15) is 0 Å². The monoisotopic (exact) mass is 326 g/mol. The summed E-state index contributed by atoms with van der Waals surface area (Å²) in [6.07, 6.45) is 5.96. The van der Waals surface area contributed by atoms with E-state index in [0.717, 1.165) is 12.8 Å². The largest absolute Gasteiger partial charge is 0.350 e. The van der Waals surface area contributed by atoms with E-state index in [1.165, 1.54) is 0 Å². The van der Waals surface area contributed by atoms with Gasteiger partial charge < -0.3 is 9.30 Å². The Morgan fingerprint density at radius 3 is 2.86 bits per heavy atom. The number of hydrogen-bond acceptors (Lipinski definition) is 3. The van der Waals surface area contributed by atoms with E-state index >= 15 is 0 Å². The van der Waals surface area contributed by atoms with Crippen LogP contribution in [0.1, 0.15) is 36.4 Å². The van der Waals surface area contributed by atoms with E-state index in [4.69, 9.17) is 27.9 Å². The third kappa shape index (κ3) is 4.06. The van der Waals surface area contributed by atoms with Gasteiger partial charge in [0.15, 0.2) is 6.23 Å². The van der Waals surface area contributed by atoms with Crippen LogP contribution in [0.5, 0.6) is 0 Å². The molecule has 2 rings (SSSR count). The molecule has 0 spiro atoms. The van der Waals surface area contributed by atoms with E-state index in [9.17, 15) is 4.79 Å². The van der Waals surface area contributed by atoms with Crippen LogP contribution in [0.25, 0.3) is 0 Å². The van der Waals surface area contributed by atoms with Crippen LogP contribution < -0.4 is 0 Å². The van der Waals surface area contributed by atoms with E-state index in [-0.39, 0.29) is 5.78 Å². The summed E-state index contributed by atoms with van der Waals surface area (Å²) in [6.45, 7) is 2.56. The summed E-state index contributed by atoms with van der Waals surface area (Å²) in [4.78, 5) is 16.6. The molecule has 0 saturated heterocycles. The molecule has 0 aliphatic heterocycles. The highest BCUT2D eigenvalue weighted by atomic mass is 35.5. The van der Waals surface area contributed by atoms with Crippen LogP contribution in [0.4, 0.5) is 0 Å². The summed E-state index contributed by atoms with van der Waals surface area (Å²) >= 11 is 12.0. The van der Waals surface area contributed by atoms with Crippen LogP contribution >= 0.6 is 23.2 Å². The van der Waals surface area contributed by atoms with Gasteiger partial charge in [-0.1, -0.05) is 36.5 Å². The maximum atomic E-state index is 12.7. The molecule has 1 aromatic heterocycles. The molecule has 0 aliphatic carbocycles. The lowest BCUT2D eigenvalue weighted by Gasteiger charge is -2.18. The molecule has 1 aromatic carbocycles. The van der Waals surface area contributed by atoms with Gasteiger partial charge in [0.05, 0.1) is 11.3 Å². The highest BCUT2D eigenvalue weighted by Gasteiger charge is 2.24. The average Bonchev–Trinajstić information content (AvgIpc) is 2.97. The van der Waals surface area contributed by atoms with Crippen molar-refractivity contribution >= 4 is 29.0 Å². The standard InChI is InChI=1S/C15H16Cl2N2O2/c1-2-3-8-21-15(19-7-6-18-10-19)14(20)12-5-4-11(16)9-13(12)17/h4-7,9-10,15H,2-3,8H2,1H3/t15-/m1/s1. The number of carbonyl (C=O) groups is 1. The fourth-order valence-electron chi connectivity index (χ4n) is 1.87. The van der Waals surface area contributed by atoms with Crippen molar-refractivity contribution in [1.29, 1.82) is 0 Å². The van der Waals surface area contributed by atoms with Gasteiger partial charge in [-0.25, -0.2) is 4.98 Å². The second-order valence-corrected chi connectivity index (χ2v) is 5.42. The van der Waals surface area contributed by atoms with Crippen LogP contribution in [0.2, 0.25) is 10.0 Å². The molecule has 0 aliphatic rings.